The third kappa shape index (κ3) is 3.60. The summed E-state index contributed by atoms with van der Waals surface area (Å²) in [5.41, 5.74) is 4.03. The maximum Gasteiger partial charge on any atom is 0.0406 e. The van der Waals surface area contributed by atoms with Crippen molar-refractivity contribution in [3.8, 4) is 0 Å². The van der Waals surface area contributed by atoms with Crippen LogP contribution < -0.4 is 0 Å². The lowest BCUT2D eigenvalue weighted by Crippen LogP contribution is -2.04. The lowest BCUT2D eigenvalue weighted by molar-refractivity contribution is 0.775. The second-order valence-corrected chi connectivity index (χ2v) is 5.68. The van der Waals surface area contributed by atoms with E-state index in [9.17, 15) is 0 Å². The van der Waals surface area contributed by atoms with Gasteiger partial charge in [-0.1, -0.05) is 69.5 Å². The minimum atomic E-state index is 0.490. The molecule has 0 amide bonds. The van der Waals surface area contributed by atoms with Gasteiger partial charge in [0.1, 0.15) is 0 Å². The Morgan fingerprint density at radius 1 is 1.11 bits per heavy atom. The number of benzene rings is 2. The Kier molecular flexibility index (Phi) is 4.85. The van der Waals surface area contributed by atoms with E-state index in [1.165, 1.54) is 16.7 Å². The number of halogens is 2. The summed E-state index contributed by atoms with van der Waals surface area (Å²) in [7, 11) is 0. The van der Waals surface area contributed by atoms with Crippen molar-refractivity contribution in [2.75, 3.05) is 5.33 Å². The zero-order valence-corrected chi connectivity index (χ0v) is 12.7. The van der Waals surface area contributed by atoms with Crippen LogP contribution in [0.5, 0.6) is 0 Å². The Hall–Kier alpha value is -0.790. The van der Waals surface area contributed by atoms with Gasteiger partial charge in [-0.2, -0.15) is 0 Å². The van der Waals surface area contributed by atoms with Crippen LogP contribution in [0.4, 0.5) is 0 Å². The lowest BCUT2D eigenvalue weighted by atomic mass is 9.93. The number of hydrogen-bond acceptors (Lipinski definition) is 0. The molecule has 0 aliphatic rings. The van der Waals surface area contributed by atoms with Crippen molar-refractivity contribution in [1.82, 2.24) is 0 Å². The summed E-state index contributed by atoms with van der Waals surface area (Å²) < 4.78 is 0. The van der Waals surface area contributed by atoms with Crippen molar-refractivity contribution < 1.29 is 0 Å². The van der Waals surface area contributed by atoms with Crippen LogP contribution in [0.1, 0.15) is 22.6 Å². The Bertz CT molecular complexity index is 505. The molecule has 0 aliphatic heterocycles. The minimum absolute atomic E-state index is 0.490. The summed E-state index contributed by atoms with van der Waals surface area (Å²) in [5.74, 6) is 0.490. The first-order valence-electron chi connectivity index (χ1n) is 6.06. The van der Waals surface area contributed by atoms with Crippen LogP contribution in [0.15, 0.2) is 48.5 Å². The highest BCUT2D eigenvalue weighted by Crippen LogP contribution is 2.24. The molecule has 0 spiro atoms. The molecular weight excluding hydrogens is 308 g/mol. The van der Waals surface area contributed by atoms with Gasteiger partial charge >= 0.3 is 0 Å². The standard InChI is InChI=1S/C16H16BrCl/c1-12-3-2-4-13(9-12)10-15(11-17)14-5-7-16(18)8-6-14/h2-9,15H,10-11H2,1H3. The monoisotopic (exact) mass is 322 g/mol. The van der Waals surface area contributed by atoms with E-state index in [1.54, 1.807) is 0 Å². The topological polar surface area (TPSA) is 0 Å². The first kappa shape index (κ1) is 13.6. The molecule has 2 heteroatoms. The first-order valence-corrected chi connectivity index (χ1v) is 7.56. The largest absolute Gasteiger partial charge is 0.0921 e. The van der Waals surface area contributed by atoms with Crippen molar-refractivity contribution >= 4 is 27.5 Å². The number of rotatable bonds is 4. The van der Waals surface area contributed by atoms with Crippen LogP contribution in [0, 0.1) is 6.92 Å². The minimum Gasteiger partial charge on any atom is -0.0921 e. The molecule has 18 heavy (non-hydrogen) atoms. The summed E-state index contributed by atoms with van der Waals surface area (Å²) in [5, 5.41) is 1.75. The van der Waals surface area contributed by atoms with E-state index in [0.29, 0.717) is 5.92 Å². The van der Waals surface area contributed by atoms with Crippen molar-refractivity contribution in [1.29, 1.82) is 0 Å². The van der Waals surface area contributed by atoms with Crippen molar-refractivity contribution in [3.05, 3.63) is 70.2 Å². The number of aryl methyl sites for hydroxylation is 1. The molecule has 0 aromatic heterocycles. The van der Waals surface area contributed by atoms with Crippen LogP contribution in [0.25, 0.3) is 0 Å². The van der Waals surface area contributed by atoms with E-state index in [1.807, 2.05) is 12.1 Å². The predicted octanol–water partition coefficient (Wildman–Crippen LogP) is 5.37. The first-order chi connectivity index (χ1) is 8.69. The fourth-order valence-electron chi connectivity index (χ4n) is 2.12. The molecule has 2 aromatic carbocycles. The Balaban J connectivity index is 2.17. The molecule has 1 atom stereocenters. The zero-order valence-electron chi connectivity index (χ0n) is 10.4. The van der Waals surface area contributed by atoms with Gasteiger partial charge in [0.15, 0.2) is 0 Å². The Labute approximate surface area is 122 Å². The van der Waals surface area contributed by atoms with E-state index in [2.05, 4.69) is 59.3 Å². The van der Waals surface area contributed by atoms with Crippen LogP contribution in [-0.2, 0) is 6.42 Å². The Morgan fingerprint density at radius 2 is 1.83 bits per heavy atom. The summed E-state index contributed by atoms with van der Waals surface area (Å²) in [4.78, 5) is 0. The van der Waals surface area contributed by atoms with E-state index >= 15 is 0 Å². The molecule has 0 aliphatic carbocycles. The molecule has 0 heterocycles. The van der Waals surface area contributed by atoms with E-state index in [-0.39, 0.29) is 0 Å². The lowest BCUT2D eigenvalue weighted by Gasteiger charge is -2.15. The molecule has 0 nitrogen and oxygen atoms in total. The smallest absolute Gasteiger partial charge is 0.0406 e. The van der Waals surface area contributed by atoms with E-state index in [4.69, 9.17) is 11.6 Å². The third-order valence-electron chi connectivity index (χ3n) is 3.09. The van der Waals surface area contributed by atoms with Gasteiger partial charge in [-0.05, 0) is 42.5 Å². The summed E-state index contributed by atoms with van der Waals surface area (Å²) in [6.45, 7) is 2.13. The van der Waals surface area contributed by atoms with Gasteiger partial charge in [0.05, 0.1) is 0 Å². The molecule has 0 radical (unpaired) electrons. The average Bonchev–Trinajstić information content (AvgIpc) is 2.37. The maximum atomic E-state index is 5.93. The van der Waals surface area contributed by atoms with Crippen LogP contribution in [-0.4, -0.2) is 5.33 Å². The van der Waals surface area contributed by atoms with Gasteiger partial charge in [-0.3, -0.25) is 0 Å². The quantitative estimate of drug-likeness (QED) is 0.664. The van der Waals surface area contributed by atoms with Gasteiger partial charge in [0.25, 0.3) is 0 Å². The predicted molar refractivity (Wildman–Crippen MR) is 82.9 cm³/mol. The van der Waals surface area contributed by atoms with Gasteiger partial charge < -0.3 is 0 Å². The second-order valence-electron chi connectivity index (χ2n) is 4.60. The summed E-state index contributed by atoms with van der Waals surface area (Å²) >= 11 is 9.54. The van der Waals surface area contributed by atoms with Crippen LogP contribution in [0.3, 0.4) is 0 Å². The molecule has 2 aromatic rings. The highest BCUT2D eigenvalue weighted by atomic mass is 79.9. The van der Waals surface area contributed by atoms with Gasteiger partial charge in [0, 0.05) is 10.4 Å². The molecule has 0 bridgehead atoms. The fraction of sp³-hybridized carbons (Fsp3) is 0.250. The third-order valence-corrected chi connectivity index (χ3v) is 4.13. The van der Waals surface area contributed by atoms with Gasteiger partial charge in [0.2, 0.25) is 0 Å². The van der Waals surface area contributed by atoms with Gasteiger partial charge in [-0.25, -0.2) is 0 Å². The molecule has 0 saturated carbocycles. The molecule has 0 N–H and O–H groups in total. The molecular formula is C16H16BrCl. The van der Waals surface area contributed by atoms with Crippen molar-refractivity contribution in [2.24, 2.45) is 0 Å². The molecule has 2 rings (SSSR count). The highest BCUT2D eigenvalue weighted by Gasteiger charge is 2.11. The maximum absolute atomic E-state index is 5.93. The molecule has 1 unspecified atom stereocenters. The van der Waals surface area contributed by atoms with E-state index in [0.717, 1.165) is 16.8 Å². The average molecular weight is 324 g/mol. The normalized spacial score (nSPS) is 12.4. The summed E-state index contributed by atoms with van der Waals surface area (Å²) in [6, 6.07) is 16.9. The zero-order chi connectivity index (χ0) is 13.0. The highest BCUT2D eigenvalue weighted by molar-refractivity contribution is 9.09. The molecule has 0 saturated heterocycles. The van der Waals surface area contributed by atoms with Crippen LogP contribution >= 0.6 is 27.5 Å². The van der Waals surface area contributed by atoms with Crippen LogP contribution in [0.2, 0.25) is 5.02 Å². The second kappa shape index (κ2) is 6.40. The molecule has 94 valence electrons. The fourth-order valence-corrected chi connectivity index (χ4v) is 2.85. The van der Waals surface area contributed by atoms with Gasteiger partial charge in [-0.15, -0.1) is 0 Å². The number of alkyl halides is 1. The SMILES string of the molecule is Cc1cccc(CC(CBr)c2ccc(Cl)cc2)c1. The Morgan fingerprint density at radius 3 is 2.44 bits per heavy atom. The van der Waals surface area contributed by atoms with Crippen molar-refractivity contribution in [2.45, 2.75) is 19.3 Å². The summed E-state index contributed by atoms with van der Waals surface area (Å²) in [6.07, 6.45) is 1.05. The number of hydrogen-bond donors (Lipinski definition) is 0. The molecule has 0 fully saturated rings. The van der Waals surface area contributed by atoms with Crippen molar-refractivity contribution in [3.63, 3.8) is 0 Å². The van der Waals surface area contributed by atoms with E-state index < -0.39 is 0 Å².